The molecule has 3 aromatic carbocycles. The molecule has 0 spiro atoms. The molecule has 0 fully saturated rings. The molecule has 0 aliphatic carbocycles. The smallest absolute Gasteiger partial charge is 0.269 e. The van der Waals surface area contributed by atoms with Crippen LogP contribution in [0.25, 0.3) is 21.7 Å². The molecule has 32 heavy (non-hydrogen) atoms. The highest BCUT2D eigenvalue weighted by atomic mass is 35.5. The highest BCUT2D eigenvalue weighted by Crippen LogP contribution is 2.33. The average molecular weight is 464 g/mol. The Balaban J connectivity index is 1.53. The predicted molar refractivity (Wildman–Crippen MR) is 123 cm³/mol. The van der Waals surface area contributed by atoms with Crippen molar-refractivity contribution in [2.75, 3.05) is 5.32 Å². The Labute approximate surface area is 190 Å². The molecule has 8 nitrogen and oxygen atoms in total. The van der Waals surface area contributed by atoms with E-state index in [1.54, 1.807) is 36.4 Å². The van der Waals surface area contributed by atoms with Crippen molar-refractivity contribution < 1.29 is 9.34 Å². The standard InChI is InChI=1S/C22H14ClN5O3S/c23-15-9-5-14(6-10-15)20-26-27-21(31-20)19(13-7-11-16(12-8-13)28(29)30)25-22-24-17-3-1-2-4-18(17)32-22/h1-12,19H,(H,24,25). The first-order valence-corrected chi connectivity index (χ1v) is 10.7. The van der Waals surface area contributed by atoms with Gasteiger partial charge in [-0.1, -0.05) is 35.1 Å². The van der Waals surface area contributed by atoms with E-state index in [1.807, 2.05) is 24.3 Å². The molecule has 10 heteroatoms. The topological polar surface area (TPSA) is 107 Å². The van der Waals surface area contributed by atoms with Gasteiger partial charge >= 0.3 is 0 Å². The van der Waals surface area contributed by atoms with Crippen LogP contribution < -0.4 is 5.32 Å². The van der Waals surface area contributed by atoms with Crippen molar-refractivity contribution >= 4 is 44.0 Å². The van der Waals surface area contributed by atoms with Gasteiger partial charge in [0.25, 0.3) is 5.69 Å². The van der Waals surface area contributed by atoms with Gasteiger partial charge in [0, 0.05) is 22.7 Å². The van der Waals surface area contributed by atoms with Crippen molar-refractivity contribution in [3.05, 3.63) is 99.4 Å². The van der Waals surface area contributed by atoms with Gasteiger partial charge in [-0.05, 0) is 54.1 Å². The number of nitro benzene ring substituents is 1. The number of anilines is 1. The molecule has 158 valence electrons. The third kappa shape index (κ3) is 4.03. The number of fused-ring (bicyclic) bond motifs is 1. The predicted octanol–water partition coefficient (Wildman–Crippen LogP) is 6.11. The third-order valence-corrected chi connectivity index (χ3v) is 6.00. The van der Waals surface area contributed by atoms with Gasteiger partial charge in [0.15, 0.2) is 5.13 Å². The Hall–Kier alpha value is -3.82. The molecule has 0 bridgehead atoms. The third-order valence-electron chi connectivity index (χ3n) is 4.78. The van der Waals surface area contributed by atoms with Crippen LogP contribution in [0.3, 0.4) is 0 Å². The van der Waals surface area contributed by atoms with E-state index >= 15 is 0 Å². The molecular weight excluding hydrogens is 450 g/mol. The number of aromatic nitrogens is 3. The maximum absolute atomic E-state index is 11.1. The second kappa shape index (κ2) is 8.37. The number of halogens is 1. The summed E-state index contributed by atoms with van der Waals surface area (Å²) in [6.07, 6.45) is 0. The fourth-order valence-corrected chi connectivity index (χ4v) is 4.21. The number of para-hydroxylation sites is 1. The van der Waals surface area contributed by atoms with E-state index in [9.17, 15) is 10.1 Å². The fourth-order valence-electron chi connectivity index (χ4n) is 3.19. The van der Waals surface area contributed by atoms with E-state index in [2.05, 4.69) is 20.5 Å². The summed E-state index contributed by atoms with van der Waals surface area (Å²) in [5.74, 6) is 0.651. The van der Waals surface area contributed by atoms with Gasteiger partial charge in [-0.2, -0.15) is 0 Å². The number of thiazole rings is 1. The van der Waals surface area contributed by atoms with Crippen LogP contribution in [0, 0.1) is 10.1 Å². The Morgan fingerprint density at radius 1 is 1.00 bits per heavy atom. The highest BCUT2D eigenvalue weighted by molar-refractivity contribution is 7.22. The zero-order chi connectivity index (χ0) is 22.1. The molecule has 0 saturated carbocycles. The highest BCUT2D eigenvalue weighted by Gasteiger charge is 2.23. The maximum atomic E-state index is 11.1. The fraction of sp³-hybridized carbons (Fsp3) is 0.0455. The number of nitrogens with one attached hydrogen (secondary N) is 1. The van der Waals surface area contributed by atoms with Crippen molar-refractivity contribution in [1.29, 1.82) is 0 Å². The minimum absolute atomic E-state index is 0.000121. The summed E-state index contributed by atoms with van der Waals surface area (Å²) in [6.45, 7) is 0. The Bertz CT molecular complexity index is 1370. The van der Waals surface area contributed by atoms with Crippen LogP contribution in [0.2, 0.25) is 5.02 Å². The molecule has 0 radical (unpaired) electrons. The summed E-state index contributed by atoms with van der Waals surface area (Å²) in [4.78, 5) is 15.2. The molecule has 1 N–H and O–H groups in total. The van der Waals surface area contributed by atoms with Gasteiger partial charge in [0.2, 0.25) is 11.8 Å². The first kappa shape index (κ1) is 20.1. The van der Waals surface area contributed by atoms with Gasteiger partial charge in [-0.15, -0.1) is 10.2 Å². The summed E-state index contributed by atoms with van der Waals surface area (Å²) in [5.41, 5.74) is 2.33. The van der Waals surface area contributed by atoms with Gasteiger partial charge in [-0.25, -0.2) is 4.98 Å². The van der Waals surface area contributed by atoms with Crippen LogP contribution in [-0.2, 0) is 0 Å². The first-order chi connectivity index (χ1) is 15.6. The Morgan fingerprint density at radius 2 is 1.75 bits per heavy atom. The number of hydrogen-bond donors (Lipinski definition) is 1. The van der Waals surface area contributed by atoms with Crippen LogP contribution in [0.5, 0.6) is 0 Å². The molecule has 0 saturated heterocycles. The van der Waals surface area contributed by atoms with E-state index < -0.39 is 11.0 Å². The second-order valence-electron chi connectivity index (χ2n) is 6.87. The average Bonchev–Trinajstić information content (AvgIpc) is 3.45. The van der Waals surface area contributed by atoms with E-state index in [-0.39, 0.29) is 5.69 Å². The molecular formula is C22H14ClN5O3S. The molecule has 1 atom stereocenters. The lowest BCUT2D eigenvalue weighted by atomic mass is 10.1. The van der Waals surface area contributed by atoms with Crippen molar-refractivity contribution in [3.63, 3.8) is 0 Å². The molecule has 5 rings (SSSR count). The van der Waals surface area contributed by atoms with Crippen LogP contribution >= 0.6 is 22.9 Å². The van der Waals surface area contributed by atoms with Crippen LogP contribution in [0.4, 0.5) is 10.8 Å². The summed E-state index contributed by atoms with van der Waals surface area (Å²) < 4.78 is 7.00. The summed E-state index contributed by atoms with van der Waals surface area (Å²) >= 11 is 7.46. The Morgan fingerprint density at radius 3 is 2.47 bits per heavy atom. The zero-order valence-corrected chi connectivity index (χ0v) is 17.9. The summed E-state index contributed by atoms with van der Waals surface area (Å²) in [7, 11) is 0. The van der Waals surface area contributed by atoms with Crippen molar-refractivity contribution in [1.82, 2.24) is 15.2 Å². The van der Waals surface area contributed by atoms with Crippen molar-refractivity contribution in [3.8, 4) is 11.5 Å². The number of nitrogens with zero attached hydrogens (tertiary/aromatic N) is 4. The quantitative estimate of drug-likeness (QED) is 0.239. The largest absolute Gasteiger partial charge is 0.418 e. The summed E-state index contributed by atoms with van der Waals surface area (Å²) in [6, 6.07) is 20.5. The number of hydrogen-bond acceptors (Lipinski definition) is 8. The molecule has 0 amide bonds. The summed E-state index contributed by atoms with van der Waals surface area (Å²) in [5, 5.41) is 24.1. The van der Waals surface area contributed by atoms with E-state index in [0.717, 1.165) is 21.3 Å². The lowest BCUT2D eigenvalue weighted by Crippen LogP contribution is -2.12. The number of benzene rings is 3. The van der Waals surface area contributed by atoms with E-state index in [4.69, 9.17) is 16.0 Å². The van der Waals surface area contributed by atoms with E-state index in [0.29, 0.717) is 21.9 Å². The number of rotatable bonds is 6. The lowest BCUT2D eigenvalue weighted by molar-refractivity contribution is -0.384. The van der Waals surface area contributed by atoms with Gasteiger partial charge < -0.3 is 9.73 Å². The molecule has 2 aromatic heterocycles. The molecule has 0 aliphatic rings. The first-order valence-electron chi connectivity index (χ1n) is 9.52. The second-order valence-corrected chi connectivity index (χ2v) is 8.33. The van der Waals surface area contributed by atoms with E-state index in [1.165, 1.54) is 23.5 Å². The number of non-ortho nitro benzene ring substituents is 1. The van der Waals surface area contributed by atoms with Gasteiger partial charge in [0.1, 0.15) is 6.04 Å². The van der Waals surface area contributed by atoms with Crippen LogP contribution in [-0.4, -0.2) is 20.1 Å². The monoisotopic (exact) mass is 463 g/mol. The minimum Gasteiger partial charge on any atom is -0.418 e. The SMILES string of the molecule is O=[N+]([O-])c1ccc(C(Nc2nc3ccccc3s2)c2nnc(-c3ccc(Cl)cc3)o2)cc1. The normalized spacial score (nSPS) is 12.0. The minimum atomic E-state index is -0.551. The Kier molecular flexibility index (Phi) is 5.26. The molecule has 5 aromatic rings. The zero-order valence-electron chi connectivity index (χ0n) is 16.3. The molecule has 2 heterocycles. The van der Waals surface area contributed by atoms with Crippen molar-refractivity contribution in [2.45, 2.75) is 6.04 Å². The molecule has 0 aliphatic heterocycles. The van der Waals surface area contributed by atoms with Crippen LogP contribution in [0.15, 0.2) is 77.2 Å². The lowest BCUT2D eigenvalue weighted by Gasteiger charge is -2.14. The van der Waals surface area contributed by atoms with Gasteiger partial charge in [-0.3, -0.25) is 10.1 Å². The van der Waals surface area contributed by atoms with Gasteiger partial charge in [0.05, 0.1) is 15.1 Å². The molecule has 1 unspecified atom stereocenters. The number of nitro groups is 1. The maximum Gasteiger partial charge on any atom is 0.269 e. The van der Waals surface area contributed by atoms with Crippen LogP contribution in [0.1, 0.15) is 17.5 Å². The van der Waals surface area contributed by atoms with Crippen molar-refractivity contribution in [2.24, 2.45) is 0 Å².